The molecule has 0 bridgehead atoms. The van der Waals surface area contributed by atoms with Crippen LogP contribution < -0.4 is 10.5 Å². The van der Waals surface area contributed by atoms with Crippen molar-refractivity contribution in [2.24, 2.45) is 5.73 Å². The van der Waals surface area contributed by atoms with Crippen molar-refractivity contribution in [2.75, 3.05) is 0 Å². The third-order valence-electron chi connectivity index (χ3n) is 4.58. The van der Waals surface area contributed by atoms with Crippen molar-refractivity contribution >= 4 is 16.6 Å². The second-order valence-electron chi connectivity index (χ2n) is 6.74. The van der Waals surface area contributed by atoms with Gasteiger partial charge in [-0.25, -0.2) is 0 Å². The molecule has 0 aliphatic rings. The maximum atomic E-state index is 7.56. The van der Waals surface area contributed by atoms with E-state index in [1.165, 1.54) is 0 Å². The second kappa shape index (κ2) is 8.33. The van der Waals surface area contributed by atoms with Gasteiger partial charge in [0, 0.05) is 16.7 Å². The van der Waals surface area contributed by atoms with E-state index in [1.807, 2.05) is 91.0 Å². The van der Waals surface area contributed by atoms with Crippen LogP contribution in [0.1, 0.15) is 22.3 Å². The van der Waals surface area contributed by atoms with Gasteiger partial charge in [-0.15, -0.1) is 0 Å². The van der Waals surface area contributed by atoms with Crippen molar-refractivity contribution in [3.05, 3.63) is 113 Å². The first kappa shape index (κ1) is 18.3. The van der Waals surface area contributed by atoms with Crippen LogP contribution in [0.3, 0.4) is 0 Å². The Balaban J connectivity index is 1.51. The van der Waals surface area contributed by atoms with Crippen LogP contribution in [0.15, 0.2) is 91.0 Å². The lowest BCUT2D eigenvalue weighted by Crippen LogP contribution is -2.10. The number of amidine groups is 1. The molecule has 3 nitrogen and oxygen atoms in total. The molecule has 4 rings (SSSR count). The van der Waals surface area contributed by atoms with Gasteiger partial charge in [0.25, 0.3) is 0 Å². The Bertz CT molecular complexity index is 1230. The molecule has 0 fully saturated rings. The number of nitrogens with one attached hydrogen (secondary N) is 1. The number of nitrogen functional groups attached to an aromatic ring is 1. The molecule has 0 radical (unpaired) electrons. The van der Waals surface area contributed by atoms with Crippen LogP contribution in [0.2, 0.25) is 0 Å². The average Bonchev–Trinajstić information content (AvgIpc) is 2.77. The standard InChI is InChI=1S/C26H20N2O/c27-26(28)24-14-13-22-15-20(11-12-23(22)17-24)10-9-19-7-4-8-25(16-19)29-18-21-5-2-1-3-6-21/h1-8,11-17H,18H2,(H3,27,28). The number of fused-ring (bicyclic) bond motifs is 1. The van der Waals surface area contributed by atoms with Gasteiger partial charge in [-0.05, 0) is 52.7 Å². The predicted octanol–water partition coefficient (Wildman–Crippen LogP) is 5.10. The lowest BCUT2D eigenvalue weighted by Gasteiger charge is -2.06. The summed E-state index contributed by atoms with van der Waals surface area (Å²) in [6, 6.07) is 29.7. The zero-order valence-electron chi connectivity index (χ0n) is 15.9. The molecule has 4 aromatic rings. The van der Waals surface area contributed by atoms with Crippen LogP contribution in [-0.4, -0.2) is 5.84 Å². The monoisotopic (exact) mass is 376 g/mol. The highest BCUT2D eigenvalue weighted by Gasteiger charge is 2.00. The summed E-state index contributed by atoms with van der Waals surface area (Å²) in [5, 5.41) is 9.67. The van der Waals surface area contributed by atoms with Crippen molar-refractivity contribution < 1.29 is 4.74 Å². The fourth-order valence-corrected chi connectivity index (χ4v) is 3.04. The van der Waals surface area contributed by atoms with E-state index in [-0.39, 0.29) is 5.84 Å². The Labute approximate surface area is 170 Å². The van der Waals surface area contributed by atoms with Crippen molar-refractivity contribution in [1.82, 2.24) is 0 Å². The first-order chi connectivity index (χ1) is 14.2. The van der Waals surface area contributed by atoms with E-state index < -0.39 is 0 Å². The van der Waals surface area contributed by atoms with Crippen LogP contribution in [0, 0.1) is 17.3 Å². The highest BCUT2D eigenvalue weighted by atomic mass is 16.5. The summed E-state index contributed by atoms with van der Waals surface area (Å²) in [5.41, 5.74) is 9.26. The zero-order chi connectivity index (χ0) is 20.1. The highest BCUT2D eigenvalue weighted by molar-refractivity contribution is 5.99. The van der Waals surface area contributed by atoms with Crippen molar-refractivity contribution in [2.45, 2.75) is 6.61 Å². The van der Waals surface area contributed by atoms with Crippen molar-refractivity contribution in [1.29, 1.82) is 5.41 Å². The maximum absolute atomic E-state index is 7.56. The molecule has 0 amide bonds. The summed E-state index contributed by atoms with van der Waals surface area (Å²) < 4.78 is 5.88. The van der Waals surface area contributed by atoms with Gasteiger partial charge in [0.05, 0.1) is 0 Å². The van der Waals surface area contributed by atoms with Gasteiger partial charge < -0.3 is 10.5 Å². The molecule has 3 heteroatoms. The Hall–Kier alpha value is -4.03. The number of ether oxygens (including phenoxy) is 1. The molecule has 29 heavy (non-hydrogen) atoms. The fourth-order valence-electron chi connectivity index (χ4n) is 3.04. The normalized spacial score (nSPS) is 10.2. The number of benzene rings is 4. The van der Waals surface area contributed by atoms with Gasteiger partial charge in [0.1, 0.15) is 18.2 Å². The summed E-state index contributed by atoms with van der Waals surface area (Å²) >= 11 is 0. The Morgan fingerprint density at radius 3 is 2.28 bits per heavy atom. The average molecular weight is 376 g/mol. The molecule has 3 N–H and O–H groups in total. The molecule has 0 unspecified atom stereocenters. The first-order valence-electron chi connectivity index (χ1n) is 9.34. The second-order valence-corrected chi connectivity index (χ2v) is 6.74. The molecule has 0 atom stereocenters. The zero-order valence-corrected chi connectivity index (χ0v) is 15.9. The lowest BCUT2D eigenvalue weighted by molar-refractivity contribution is 0.306. The summed E-state index contributed by atoms with van der Waals surface area (Å²) in [6.45, 7) is 0.532. The largest absolute Gasteiger partial charge is 0.489 e. The Kier molecular flexibility index (Phi) is 5.27. The topological polar surface area (TPSA) is 59.1 Å². The molecule has 0 heterocycles. The third kappa shape index (κ3) is 4.63. The number of nitrogens with two attached hydrogens (primary N) is 1. The van der Waals surface area contributed by atoms with E-state index in [4.69, 9.17) is 15.9 Å². The summed E-state index contributed by atoms with van der Waals surface area (Å²) in [4.78, 5) is 0. The van der Waals surface area contributed by atoms with E-state index in [9.17, 15) is 0 Å². The fraction of sp³-hybridized carbons (Fsp3) is 0.0385. The number of hydrogen-bond acceptors (Lipinski definition) is 2. The highest BCUT2D eigenvalue weighted by Crippen LogP contribution is 2.18. The molecule has 0 aliphatic carbocycles. The molecule has 0 spiro atoms. The summed E-state index contributed by atoms with van der Waals surface area (Å²) in [5.74, 6) is 7.30. The Morgan fingerprint density at radius 2 is 1.48 bits per heavy atom. The van der Waals surface area contributed by atoms with Crippen LogP contribution in [0.4, 0.5) is 0 Å². The van der Waals surface area contributed by atoms with E-state index in [1.54, 1.807) is 0 Å². The minimum absolute atomic E-state index is 0.0742. The van der Waals surface area contributed by atoms with Crippen LogP contribution in [0.5, 0.6) is 5.75 Å². The molecular formula is C26H20N2O. The van der Waals surface area contributed by atoms with Gasteiger partial charge in [0.2, 0.25) is 0 Å². The van der Waals surface area contributed by atoms with Gasteiger partial charge >= 0.3 is 0 Å². The van der Waals surface area contributed by atoms with Crippen LogP contribution in [0.25, 0.3) is 10.8 Å². The molecule has 0 saturated carbocycles. The van der Waals surface area contributed by atoms with Crippen molar-refractivity contribution in [3.8, 4) is 17.6 Å². The summed E-state index contributed by atoms with van der Waals surface area (Å²) in [7, 11) is 0. The molecule has 0 saturated heterocycles. The molecule has 140 valence electrons. The number of rotatable bonds is 4. The van der Waals surface area contributed by atoms with Crippen molar-refractivity contribution in [3.63, 3.8) is 0 Å². The van der Waals surface area contributed by atoms with E-state index in [0.717, 1.165) is 38.8 Å². The van der Waals surface area contributed by atoms with Gasteiger partial charge in [0.15, 0.2) is 0 Å². The smallest absolute Gasteiger partial charge is 0.122 e. The van der Waals surface area contributed by atoms with Gasteiger partial charge in [-0.2, -0.15) is 0 Å². The molecule has 0 aliphatic heterocycles. The van der Waals surface area contributed by atoms with Crippen LogP contribution in [-0.2, 0) is 6.61 Å². The first-order valence-corrected chi connectivity index (χ1v) is 9.34. The number of hydrogen-bond donors (Lipinski definition) is 2. The van der Waals surface area contributed by atoms with E-state index >= 15 is 0 Å². The SMILES string of the molecule is N=C(N)c1ccc2cc(C#Cc3cccc(OCc4ccccc4)c3)ccc2c1. The maximum Gasteiger partial charge on any atom is 0.122 e. The minimum Gasteiger partial charge on any atom is -0.489 e. The van der Waals surface area contributed by atoms with Gasteiger partial charge in [-0.3, -0.25) is 5.41 Å². The predicted molar refractivity (Wildman–Crippen MR) is 118 cm³/mol. The quantitative estimate of drug-likeness (QED) is 0.296. The Morgan fingerprint density at radius 1 is 0.759 bits per heavy atom. The van der Waals surface area contributed by atoms with E-state index in [2.05, 4.69) is 11.8 Å². The molecular weight excluding hydrogens is 356 g/mol. The van der Waals surface area contributed by atoms with Crippen LogP contribution >= 0.6 is 0 Å². The molecule has 0 aromatic heterocycles. The van der Waals surface area contributed by atoms with Gasteiger partial charge in [-0.1, -0.05) is 66.4 Å². The third-order valence-corrected chi connectivity index (χ3v) is 4.58. The minimum atomic E-state index is 0.0742. The molecule has 4 aromatic carbocycles. The van der Waals surface area contributed by atoms with E-state index in [0.29, 0.717) is 6.61 Å². The lowest BCUT2D eigenvalue weighted by atomic mass is 10.0. The summed E-state index contributed by atoms with van der Waals surface area (Å²) in [6.07, 6.45) is 0.